The molecular weight excluding hydrogens is 299 g/mol. The number of benzene rings is 1. The van der Waals surface area contributed by atoms with E-state index in [9.17, 15) is 14.0 Å². The second-order valence-corrected chi connectivity index (χ2v) is 6.08. The maximum atomic E-state index is 13.2. The maximum absolute atomic E-state index is 13.2. The van der Waals surface area contributed by atoms with E-state index in [1.54, 1.807) is 24.1 Å². The second-order valence-electron chi connectivity index (χ2n) is 6.08. The molecule has 0 bridgehead atoms. The highest BCUT2D eigenvalue weighted by Gasteiger charge is 2.40. The summed E-state index contributed by atoms with van der Waals surface area (Å²) in [6.07, 6.45) is 0.899. The van der Waals surface area contributed by atoms with Gasteiger partial charge in [0, 0.05) is 26.6 Å². The van der Waals surface area contributed by atoms with Crippen LogP contribution in [0.2, 0.25) is 0 Å². The first-order valence-electron chi connectivity index (χ1n) is 7.95. The highest BCUT2D eigenvalue weighted by Crippen LogP contribution is 2.37. The molecule has 0 saturated carbocycles. The van der Waals surface area contributed by atoms with Gasteiger partial charge in [-0.05, 0) is 24.1 Å². The molecule has 2 amide bonds. The summed E-state index contributed by atoms with van der Waals surface area (Å²) < 4.78 is 18.5. The fourth-order valence-electron chi connectivity index (χ4n) is 3.43. The first kappa shape index (κ1) is 15.9. The van der Waals surface area contributed by atoms with Crippen molar-refractivity contribution in [3.63, 3.8) is 0 Å². The standard InChI is InChI=1S/C17H21FN2O3/c1-19-15(21)7-6-14(17(22)20-8-10-23-11-9-20)16(19)12-2-4-13(18)5-3-12/h2-5,14,16H,6-11H2,1H3/t14-,16+/m0/s1. The summed E-state index contributed by atoms with van der Waals surface area (Å²) in [5.41, 5.74) is 0.800. The molecule has 2 saturated heterocycles. The molecule has 124 valence electrons. The van der Waals surface area contributed by atoms with Crippen molar-refractivity contribution in [3.05, 3.63) is 35.6 Å². The fourth-order valence-corrected chi connectivity index (χ4v) is 3.43. The van der Waals surface area contributed by atoms with E-state index in [2.05, 4.69) is 0 Å². The van der Waals surface area contributed by atoms with E-state index in [1.807, 2.05) is 4.90 Å². The lowest BCUT2D eigenvalue weighted by Gasteiger charge is -2.41. The van der Waals surface area contributed by atoms with E-state index < -0.39 is 0 Å². The third-order valence-corrected chi connectivity index (χ3v) is 4.71. The largest absolute Gasteiger partial charge is 0.378 e. The van der Waals surface area contributed by atoms with Crippen LogP contribution in [0.15, 0.2) is 24.3 Å². The first-order chi connectivity index (χ1) is 11.1. The van der Waals surface area contributed by atoms with Gasteiger partial charge in [-0.3, -0.25) is 9.59 Å². The van der Waals surface area contributed by atoms with Crippen LogP contribution in [0, 0.1) is 11.7 Å². The SMILES string of the molecule is CN1C(=O)CC[C@H](C(=O)N2CCOCC2)[C@H]1c1ccc(F)cc1. The van der Waals surface area contributed by atoms with E-state index in [0.717, 1.165) is 5.56 Å². The van der Waals surface area contributed by atoms with Gasteiger partial charge in [-0.1, -0.05) is 12.1 Å². The Bertz CT molecular complexity index is 584. The Morgan fingerprint density at radius 2 is 1.87 bits per heavy atom. The Kier molecular flexibility index (Phi) is 4.61. The number of amides is 2. The van der Waals surface area contributed by atoms with E-state index in [0.29, 0.717) is 39.1 Å². The normalized spacial score (nSPS) is 25.6. The third kappa shape index (κ3) is 3.22. The molecule has 5 nitrogen and oxygen atoms in total. The van der Waals surface area contributed by atoms with Gasteiger partial charge in [0.2, 0.25) is 11.8 Å². The average molecular weight is 320 g/mol. The predicted octanol–water partition coefficient (Wildman–Crippen LogP) is 1.59. The monoisotopic (exact) mass is 320 g/mol. The summed E-state index contributed by atoms with van der Waals surface area (Å²) in [6, 6.07) is 5.73. The van der Waals surface area contributed by atoms with E-state index in [-0.39, 0.29) is 29.6 Å². The lowest BCUT2D eigenvalue weighted by molar-refractivity contribution is -0.149. The van der Waals surface area contributed by atoms with Gasteiger partial charge in [0.05, 0.1) is 25.2 Å². The van der Waals surface area contributed by atoms with Gasteiger partial charge in [-0.25, -0.2) is 4.39 Å². The van der Waals surface area contributed by atoms with Gasteiger partial charge >= 0.3 is 0 Å². The molecule has 1 aromatic carbocycles. The number of nitrogens with zero attached hydrogens (tertiary/aromatic N) is 2. The van der Waals surface area contributed by atoms with Crippen molar-refractivity contribution in [2.45, 2.75) is 18.9 Å². The van der Waals surface area contributed by atoms with Crippen LogP contribution in [0.5, 0.6) is 0 Å². The summed E-state index contributed by atoms with van der Waals surface area (Å²) >= 11 is 0. The number of morpholine rings is 1. The Labute approximate surface area is 135 Å². The quantitative estimate of drug-likeness (QED) is 0.831. The Morgan fingerprint density at radius 1 is 1.22 bits per heavy atom. The number of carbonyl (C=O) groups excluding carboxylic acids is 2. The molecule has 0 spiro atoms. The summed E-state index contributed by atoms with van der Waals surface area (Å²) in [7, 11) is 1.72. The first-order valence-corrected chi connectivity index (χ1v) is 7.95. The Balaban J connectivity index is 1.87. The minimum absolute atomic E-state index is 0.0188. The van der Waals surface area contributed by atoms with Gasteiger partial charge in [-0.15, -0.1) is 0 Å². The topological polar surface area (TPSA) is 49.9 Å². The number of halogens is 1. The van der Waals surface area contributed by atoms with Crippen molar-refractivity contribution in [2.24, 2.45) is 5.92 Å². The molecule has 2 fully saturated rings. The van der Waals surface area contributed by atoms with Crippen molar-refractivity contribution in [3.8, 4) is 0 Å². The van der Waals surface area contributed by atoms with Crippen LogP contribution < -0.4 is 0 Å². The number of ether oxygens (including phenoxy) is 1. The average Bonchev–Trinajstić information content (AvgIpc) is 2.58. The number of carbonyl (C=O) groups is 2. The summed E-state index contributed by atoms with van der Waals surface area (Å²) in [6.45, 7) is 2.27. The molecule has 0 N–H and O–H groups in total. The number of hydrogen-bond acceptors (Lipinski definition) is 3. The number of rotatable bonds is 2. The molecule has 2 atom stereocenters. The van der Waals surface area contributed by atoms with Crippen molar-refractivity contribution < 1.29 is 18.7 Å². The van der Waals surface area contributed by atoms with Crippen molar-refractivity contribution in [2.75, 3.05) is 33.4 Å². The third-order valence-electron chi connectivity index (χ3n) is 4.71. The molecule has 1 aromatic rings. The van der Waals surface area contributed by atoms with Crippen molar-refractivity contribution >= 4 is 11.8 Å². The zero-order valence-corrected chi connectivity index (χ0v) is 13.2. The molecule has 0 aliphatic carbocycles. The zero-order chi connectivity index (χ0) is 16.4. The molecule has 0 radical (unpaired) electrons. The minimum Gasteiger partial charge on any atom is -0.378 e. The van der Waals surface area contributed by atoms with Crippen molar-refractivity contribution in [1.82, 2.24) is 9.80 Å². The van der Waals surface area contributed by atoms with Crippen LogP contribution in [-0.2, 0) is 14.3 Å². The maximum Gasteiger partial charge on any atom is 0.228 e. The number of piperidine rings is 1. The van der Waals surface area contributed by atoms with Gasteiger partial charge in [0.1, 0.15) is 5.82 Å². The predicted molar refractivity (Wildman–Crippen MR) is 82.0 cm³/mol. The molecule has 2 heterocycles. The van der Waals surface area contributed by atoms with Crippen molar-refractivity contribution in [1.29, 1.82) is 0 Å². The Morgan fingerprint density at radius 3 is 2.52 bits per heavy atom. The molecule has 2 aliphatic rings. The van der Waals surface area contributed by atoms with E-state index in [4.69, 9.17) is 4.74 Å². The molecule has 3 rings (SSSR count). The molecule has 2 aliphatic heterocycles. The highest BCUT2D eigenvalue weighted by molar-refractivity contribution is 5.85. The molecule has 0 unspecified atom stereocenters. The number of likely N-dealkylation sites (tertiary alicyclic amines) is 1. The molecule has 6 heteroatoms. The zero-order valence-electron chi connectivity index (χ0n) is 13.2. The molecular formula is C17H21FN2O3. The molecule has 23 heavy (non-hydrogen) atoms. The van der Waals surface area contributed by atoms with Crippen LogP contribution in [0.1, 0.15) is 24.4 Å². The minimum atomic E-state index is -0.341. The summed E-state index contributed by atoms with van der Waals surface area (Å²) in [4.78, 5) is 28.4. The highest BCUT2D eigenvalue weighted by atomic mass is 19.1. The van der Waals surface area contributed by atoms with Crippen LogP contribution in [0.3, 0.4) is 0 Å². The second kappa shape index (κ2) is 6.66. The molecule has 0 aromatic heterocycles. The Hall–Kier alpha value is -1.95. The summed E-state index contributed by atoms with van der Waals surface area (Å²) in [5, 5.41) is 0. The van der Waals surface area contributed by atoms with Gasteiger partial charge in [-0.2, -0.15) is 0 Å². The van der Waals surface area contributed by atoms with Gasteiger partial charge in [0.15, 0.2) is 0 Å². The van der Waals surface area contributed by atoms with Crippen LogP contribution in [0.4, 0.5) is 4.39 Å². The van der Waals surface area contributed by atoms with E-state index in [1.165, 1.54) is 12.1 Å². The van der Waals surface area contributed by atoms with Gasteiger partial charge in [0.25, 0.3) is 0 Å². The lowest BCUT2D eigenvalue weighted by Crippen LogP contribution is -2.50. The van der Waals surface area contributed by atoms with Gasteiger partial charge < -0.3 is 14.5 Å². The summed E-state index contributed by atoms with van der Waals surface area (Å²) in [5.74, 6) is -0.539. The number of hydrogen-bond donors (Lipinski definition) is 0. The van der Waals surface area contributed by atoms with E-state index >= 15 is 0 Å². The van der Waals surface area contributed by atoms with Crippen LogP contribution in [-0.4, -0.2) is 55.0 Å². The fraction of sp³-hybridized carbons (Fsp3) is 0.529. The van der Waals surface area contributed by atoms with Crippen LogP contribution in [0.25, 0.3) is 0 Å². The smallest absolute Gasteiger partial charge is 0.228 e. The van der Waals surface area contributed by atoms with Crippen LogP contribution >= 0.6 is 0 Å². The lowest BCUT2D eigenvalue weighted by atomic mass is 9.83.